The van der Waals surface area contributed by atoms with Crippen molar-refractivity contribution in [3.63, 3.8) is 0 Å². The Kier molecular flexibility index (Phi) is 2.91. The van der Waals surface area contributed by atoms with Crippen LogP contribution in [0.4, 0.5) is 0 Å². The molecule has 0 aromatic heterocycles. The lowest BCUT2D eigenvalue weighted by Crippen LogP contribution is -2.02. The molecule has 0 aliphatic carbocycles. The second-order valence-corrected chi connectivity index (χ2v) is 2.88. The summed E-state index contributed by atoms with van der Waals surface area (Å²) >= 11 is 0. The maximum Gasteiger partial charge on any atom is 0.303 e. The van der Waals surface area contributed by atoms with E-state index < -0.39 is 5.97 Å². The van der Waals surface area contributed by atoms with Gasteiger partial charge in [-0.25, -0.2) is 0 Å². The van der Waals surface area contributed by atoms with Crippen molar-refractivity contribution in [2.75, 3.05) is 0 Å². The van der Waals surface area contributed by atoms with Gasteiger partial charge in [-0.1, -0.05) is 29.7 Å². The minimum Gasteiger partial charge on any atom is -0.481 e. The zero-order valence-electron chi connectivity index (χ0n) is 7.08. The number of aliphatic carboxylic acids is 1. The molecule has 0 saturated heterocycles. The van der Waals surface area contributed by atoms with Crippen molar-refractivity contribution in [2.45, 2.75) is 12.8 Å². The number of hydrogen-bond donors (Lipinski definition) is 1. The average Bonchev–Trinajstić information content (AvgIpc) is 2.03. The Labute approximate surface area is 72.6 Å². The number of benzene rings is 1. The summed E-state index contributed by atoms with van der Waals surface area (Å²) in [5.74, 6) is -0.740. The smallest absolute Gasteiger partial charge is 0.303 e. The lowest BCUT2D eigenvalue weighted by Gasteiger charge is -1.98. The van der Waals surface area contributed by atoms with Gasteiger partial charge in [0.15, 0.2) is 0 Å². The Morgan fingerprint density at radius 1 is 1.33 bits per heavy atom. The van der Waals surface area contributed by atoms with Gasteiger partial charge in [0, 0.05) is 6.42 Å². The molecule has 1 rings (SSSR count). The lowest BCUT2D eigenvalue weighted by molar-refractivity contribution is -0.136. The van der Waals surface area contributed by atoms with E-state index in [4.69, 9.17) is 5.11 Å². The third-order valence-corrected chi connectivity index (χ3v) is 1.75. The van der Waals surface area contributed by atoms with E-state index in [1.807, 2.05) is 32.1 Å². The molecule has 0 saturated carbocycles. The molecule has 0 radical (unpaired) electrons. The van der Waals surface area contributed by atoms with E-state index in [0.717, 1.165) is 5.56 Å². The number of aryl methyl sites for hydroxylation is 1. The summed E-state index contributed by atoms with van der Waals surface area (Å²) in [5.41, 5.74) is 2.29. The molecule has 0 unspecified atom stereocenters. The summed E-state index contributed by atoms with van der Waals surface area (Å²) in [6.07, 6.45) is 0.832. The fraction of sp³-hybridized carbons (Fsp3) is 0.222. The van der Waals surface area contributed by atoms with Crippen molar-refractivity contribution >= 4 is 19.3 Å². The highest BCUT2D eigenvalue weighted by Gasteiger charge is 1.97. The molecule has 12 heavy (non-hydrogen) atoms. The predicted molar refractivity (Wildman–Crippen MR) is 50.6 cm³/mol. The van der Waals surface area contributed by atoms with Gasteiger partial charge in [-0.05, 0) is 12.0 Å². The molecule has 0 spiro atoms. The number of carboxylic acids is 1. The van der Waals surface area contributed by atoms with Crippen molar-refractivity contribution in [3.8, 4) is 0 Å². The molecule has 1 N–H and O–H groups in total. The molecule has 62 valence electrons. The van der Waals surface area contributed by atoms with Crippen LogP contribution in [0, 0.1) is 0 Å². The number of carbonyl (C=O) groups is 1. The van der Waals surface area contributed by atoms with Crippen LogP contribution in [0.2, 0.25) is 0 Å². The Balaban J connectivity index is 2.53. The molecule has 1 aromatic rings. The van der Waals surface area contributed by atoms with Gasteiger partial charge in [-0.2, -0.15) is 0 Å². The fourth-order valence-electron chi connectivity index (χ4n) is 1.01. The number of carboxylic acid groups (broad SMARTS) is 1. The first-order valence-electron chi connectivity index (χ1n) is 3.96. The van der Waals surface area contributed by atoms with Gasteiger partial charge in [-0.15, -0.1) is 0 Å². The van der Waals surface area contributed by atoms with Crippen molar-refractivity contribution in [3.05, 3.63) is 29.8 Å². The normalized spacial score (nSPS) is 9.67. The van der Waals surface area contributed by atoms with Crippen LogP contribution in [0.3, 0.4) is 0 Å². The highest BCUT2D eigenvalue weighted by Crippen LogP contribution is 2.00. The molecular formula is C9H11BO2. The molecule has 1 aromatic carbocycles. The molecule has 0 amide bonds. The molecule has 2 nitrogen and oxygen atoms in total. The van der Waals surface area contributed by atoms with Crippen LogP contribution < -0.4 is 5.46 Å². The van der Waals surface area contributed by atoms with E-state index >= 15 is 0 Å². The molecule has 0 fully saturated rings. The van der Waals surface area contributed by atoms with Crippen LogP contribution in [0.25, 0.3) is 0 Å². The van der Waals surface area contributed by atoms with Gasteiger partial charge < -0.3 is 5.11 Å². The highest BCUT2D eigenvalue weighted by atomic mass is 16.4. The first kappa shape index (κ1) is 8.85. The quantitative estimate of drug-likeness (QED) is 0.633. The van der Waals surface area contributed by atoms with E-state index in [9.17, 15) is 4.79 Å². The second-order valence-electron chi connectivity index (χ2n) is 2.88. The SMILES string of the molecule is Bc1ccc(CCC(=O)O)cc1. The van der Waals surface area contributed by atoms with Gasteiger partial charge in [0.2, 0.25) is 0 Å². The first-order valence-corrected chi connectivity index (χ1v) is 3.96. The van der Waals surface area contributed by atoms with Crippen LogP contribution >= 0.6 is 0 Å². The van der Waals surface area contributed by atoms with Crippen LogP contribution in [-0.2, 0) is 11.2 Å². The Morgan fingerprint density at radius 2 is 1.92 bits per heavy atom. The summed E-state index contributed by atoms with van der Waals surface area (Å²) in [6.45, 7) is 0. The van der Waals surface area contributed by atoms with E-state index in [1.165, 1.54) is 5.46 Å². The van der Waals surface area contributed by atoms with Crippen molar-refractivity contribution in [1.82, 2.24) is 0 Å². The van der Waals surface area contributed by atoms with Crippen molar-refractivity contribution in [1.29, 1.82) is 0 Å². The molecular weight excluding hydrogens is 151 g/mol. The second kappa shape index (κ2) is 3.95. The topological polar surface area (TPSA) is 37.3 Å². The van der Waals surface area contributed by atoms with Crippen LogP contribution in [0.5, 0.6) is 0 Å². The summed E-state index contributed by atoms with van der Waals surface area (Å²) in [5, 5.41) is 8.43. The Morgan fingerprint density at radius 3 is 2.42 bits per heavy atom. The maximum atomic E-state index is 10.2. The van der Waals surface area contributed by atoms with Crippen LogP contribution in [-0.4, -0.2) is 18.9 Å². The standard InChI is InChI=1S/C9H11BO2/c10-8-4-1-7(2-5-8)3-6-9(11)12/h1-2,4-5H,3,6,10H2,(H,11,12). The Bertz CT molecular complexity index is 266. The maximum absolute atomic E-state index is 10.2. The van der Waals surface area contributed by atoms with Gasteiger partial charge >= 0.3 is 5.97 Å². The number of rotatable bonds is 3. The summed E-state index contributed by atoms with van der Waals surface area (Å²) < 4.78 is 0. The van der Waals surface area contributed by atoms with E-state index in [0.29, 0.717) is 6.42 Å². The first-order chi connectivity index (χ1) is 5.68. The minimum absolute atomic E-state index is 0.211. The van der Waals surface area contributed by atoms with Gasteiger partial charge in [0.25, 0.3) is 0 Å². The lowest BCUT2D eigenvalue weighted by atomic mass is 9.94. The zero-order chi connectivity index (χ0) is 8.97. The van der Waals surface area contributed by atoms with Crippen LogP contribution in [0.1, 0.15) is 12.0 Å². The monoisotopic (exact) mass is 162 g/mol. The fourth-order valence-corrected chi connectivity index (χ4v) is 1.01. The predicted octanol–water partition coefficient (Wildman–Crippen LogP) is -0.0378. The van der Waals surface area contributed by atoms with Gasteiger partial charge in [0.05, 0.1) is 0 Å². The van der Waals surface area contributed by atoms with Gasteiger partial charge in [-0.3, -0.25) is 4.79 Å². The molecule has 3 heteroatoms. The van der Waals surface area contributed by atoms with E-state index in [-0.39, 0.29) is 6.42 Å². The molecule has 0 aliphatic rings. The summed E-state index contributed by atoms with van der Waals surface area (Å²) in [4.78, 5) is 10.2. The molecule has 0 heterocycles. The third-order valence-electron chi connectivity index (χ3n) is 1.75. The van der Waals surface area contributed by atoms with Gasteiger partial charge in [0.1, 0.15) is 7.85 Å². The third kappa shape index (κ3) is 2.78. The summed E-state index contributed by atoms with van der Waals surface area (Å²) in [7, 11) is 2.01. The molecule has 0 bridgehead atoms. The van der Waals surface area contributed by atoms with Crippen molar-refractivity contribution in [2.24, 2.45) is 0 Å². The van der Waals surface area contributed by atoms with E-state index in [1.54, 1.807) is 0 Å². The van der Waals surface area contributed by atoms with Crippen molar-refractivity contribution < 1.29 is 9.90 Å². The average molecular weight is 162 g/mol. The summed E-state index contributed by atoms with van der Waals surface area (Å²) in [6, 6.07) is 7.94. The number of hydrogen-bond acceptors (Lipinski definition) is 1. The minimum atomic E-state index is -0.740. The zero-order valence-corrected chi connectivity index (χ0v) is 7.08. The van der Waals surface area contributed by atoms with Crippen LogP contribution in [0.15, 0.2) is 24.3 Å². The Hall–Kier alpha value is -1.25. The highest BCUT2D eigenvalue weighted by molar-refractivity contribution is 6.32. The molecule has 0 aliphatic heterocycles. The molecule has 0 atom stereocenters. The van der Waals surface area contributed by atoms with E-state index in [2.05, 4.69) is 0 Å². The largest absolute Gasteiger partial charge is 0.481 e.